The molecule has 0 amide bonds. The number of rotatable bonds is 4. The summed E-state index contributed by atoms with van der Waals surface area (Å²) in [4.78, 5) is 28.4. The maximum Gasteiger partial charge on any atom is 2.00 e. The number of ether oxygens (including phenoxy) is 1. The van der Waals surface area contributed by atoms with Gasteiger partial charge < -0.3 is 30.1 Å². The molecule has 0 spiro atoms. The predicted molar refractivity (Wildman–Crippen MR) is 166 cm³/mol. The molecule has 2 aliphatic heterocycles. The molecule has 1 fully saturated rings. The summed E-state index contributed by atoms with van der Waals surface area (Å²) in [7, 11) is 1.36. The average molecular weight is 575 g/mol. The van der Waals surface area contributed by atoms with Gasteiger partial charge in [0.05, 0.1) is 12.7 Å². The van der Waals surface area contributed by atoms with Crippen LogP contribution in [0.4, 0.5) is 0 Å². The van der Waals surface area contributed by atoms with Crippen LogP contribution in [-0.2, 0) is 22.4 Å². The van der Waals surface area contributed by atoms with Crippen molar-refractivity contribution in [3.05, 3.63) is 83.4 Å². The van der Waals surface area contributed by atoms with Gasteiger partial charge in [-0.05, 0) is 51.0 Å². The monoisotopic (exact) mass is 574 g/mol. The van der Waals surface area contributed by atoms with E-state index in [4.69, 9.17) is 25.0 Å². The van der Waals surface area contributed by atoms with Crippen molar-refractivity contribution in [2.24, 2.45) is 11.8 Å². The summed E-state index contributed by atoms with van der Waals surface area (Å²) in [5.74, 6) is -0.265. The minimum atomic E-state index is -1.12. The van der Waals surface area contributed by atoms with Crippen LogP contribution < -0.4 is 25.7 Å². The Morgan fingerprint density at radius 2 is 1.55 bits per heavy atom. The molecule has 4 atom stereocenters. The van der Waals surface area contributed by atoms with E-state index in [1.54, 1.807) is 0 Å². The standard InChI is InChI=1S/C34H39N4O3.Mg/c1-9-19-15(4)22-12-24-17(6)21(11-3)31(37-24)29-30(34(40)41-8)33(39)28-18(7)25(38-32(28)29)14-27-20(10-2)16(5)23(36-27)13-26(19)35-22;/h12-14,17,21,31,33,39H,9-11H2,1-8H3,(H-3,35,36,37,38,40);/q-3;+2/p-1/t17-,21-,31?,33+;/m0./s1. The molecule has 0 radical (unpaired) electrons. The fraction of sp³-hybridized carbons (Fsp3) is 0.441. The molecule has 0 aromatic carbocycles. The van der Waals surface area contributed by atoms with E-state index in [0.29, 0.717) is 16.8 Å². The van der Waals surface area contributed by atoms with E-state index in [1.165, 1.54) is 18.2 Å². The number of carbonyl (C=O) groups is 1. The first-order valence-corrected chi connectivity index (χ1v) is 14.8. The summed E-state index contributed by atoms with van der Waals surface area (Å²) in [6.07, 6.45) is 7.72. The summed E-state index contributed by atoms with van der Waals surface area (Å²) >= 11 is 0. The number of allylic oxidation sites excluding steroid dienone is 1. The molecule has 1 aliphatic carbocycles. The number of aliphatic hydroxyl groups excluding tert-OH is 1. The minimum Gasteiger partial charge on any atom is -0.681 e. The van der Waals surface area contributed by atoms with Crippen LogP contribution in [0.2, 0.25) is 0 Å². The van der Waals surface area contributed by atoms with Gasteiger partial charge in [-0.25, -0.2) is 4.79 Å². The predicted octanol–water partition coefficient (Wildman–Crippen LogP) is 3.63. The Morgan fingerprint density at radius 3 is 2.19 bits per heavy atom. The molecule has 42 heavy (non-hydrogen) atoms. The van der Waals surface area contributed by atoms with E-state index in [2.05, 4.69) is 53.7 Å². The smallest absolute Gasteiger partial charge is 0.681 e. The maximum absolute atomic E-state index is 13.1. The SMILES string of the molecule is CCc1c2[n-]c(c1C)/C=C1\[N-]C(C3=C(C(=O)OC)[C@H](O)c4c3[n-]c(c4C)/C=c3\[n-]/c(c(C)c3CC)=C\2)[C@@H](CC)[C@@H]1C.[Mg+2]. The molecule has 3 aromatic heterocycles. The Balaban J connectivity index is 0.00000353. The topological polar surface area (TPSA) is 103 Å². The van der Waals surface area contributed by atoms with Crippen molar-refractivity contribution in [2.45, 2.75) is 79.9 Å². The number of esters is 1. The molecule has 8 heteroatoms. The zero-order valence-corrected chi connectivity index (χ0v) is 27.3. The van der Waals surface area contributed by atoms with Gasteiger partial charge in [0, 0.05) is 0 Å². The summed E-state index contributed by atoms with van der Waals surface area (Å²) in [6.45, 7) is 14.9. The maximum atomic E-state index is 13.1. The second-order valence-corrected chi connectivity index (χ2v) is 11.6. The zero-order chi connectivity index (χ0) is 29.3. The zero-order valence-electron chi connectivity index (χ0n) is 25.9. The Hall–Kier alpha value is -2.94. The molecule has 3 aliphatic rings. The number of hydrogen-bond donors (Lipinski definition) is 1. The Morgan fingerprint density at radius 1 is 0.881 bits per heavy atom. The van der Waals surface area contributed by atoms with Crippen molar-refractivity contribution < 1.29 is 14.6 Å². The van der Waals surface area contributed by atoms with Crippen LogP contribution in [-0.4, -0.2) is 47.3 Å². The summed E-state index contributed by atoms with van der Waals surface area (Å²) in [6, 6.07) is -0.328. The Kier molecular flexibility index (Phi) is 8.20. The average Bonchev–Trinajstić information content (AvgIpc) is 3.69. The summed E-state index contributed by atoms with van der Waals surface area (Å²) in [5, 5.41) is 18.6. The Bertz CT molecular complexity index is 1770. The minimum absolute atomic E-state index is 0. The Labute approximate surface area is 263 Å². The van der Waals surface area contributed by atoms with Gasteiger partial charge in [-0.2, -0.15) is 5.70 Å². The van der Waals surface area contributed by atoms with Crippen molar-refractivity contribution in [1.82, 2.24) is 15.0 Å². The molecule has 216 valence electrons. The fourth-order valence-corrected chi connectivity index (χ4v) is 7.27. The molecule has 0 saturated carbocycles. The molecule has 1 saturated heterocycles. The van der Waals surface area contributed by atoms with Crippen LogP contribution in [0.15, 0.2) is 11.3 Å². The first-order valence-electron chi connectivity index (χ1n) is 14.8. The van der Waals surface area contributed by atoms with Gasteiger partial charge in [-0.15, -0.1) is 33.5 Å². The van der Waals surface area contributed by atoms with Crippen molar-refractivity contribution in [3.8, 4) is 0 Å². The second-order valence-electron chi connectivity index (χ2n) is 11.6. The third kappa shape index (κ3) is 4.36. The van der Waals surface area contributed by atoms with E-state index in [1.807, 2.05) is 13.0 Å². The van der Waals surface area contributed by atoms with Crippen LogP contribution in [0.3, 0.4) is 0 Å². The van der Waals surface area contributed by atoms with Gasteiger partial charge in [-0.3, -0.25) is 0 Å². The molecule has 5 heterocycles. The number of carbonyl (C=O) groups excluding carboxylic acids is 1. The fourth-order valence-electron chi connectivity index (χ4n) is 7.27. The van der Waals surface area contributed by atoms with Crippen LogP contribution in [0, 0.1) is 32.6 Å². The van der Waals surface area contributed by atoms with E-state index < -0.39 is 12.1 Å². The molecule has 8 bridgehead atoms. The van der Waals surface area contributed by atoms with E-state index in [9.17, 15) is 9.90 Å². The van der Waals surface area contributed by atoms with E-state index in [0.717, 1.165) is 69.4 Å². The van der Waals surface area contributed by atoms with Gasteiger partial charge in [0.2, 0.25) is 0 Å². The molecule has 3 aromatic rings. The number of aromatic nitrogens is 3. The first kappa shape index (κ1) is 30.5. The second kappa shape index (κ2) is 11.3. The van der Waals surface area contributed by atoms with Gasteiger partial charge in [0.25, 0.3) is 0 Å². The molecule has 6 rings (SSSR count). The molecule has 1 unspecified atom stereocenters. The van der Waals surface area contributed by atoms with Crippen molar-refractivity contribution >= 4 is 52.8 Å². The summed E-state index contributed by atoms with van der Waals surface area (Å²) in [5.41, 5.74) is 11.4. The molecule has 7 nitrogen and oxygen atoms in total. The summed E-state index contributed by atoms with van der Waals surface area (Å²) < 4.78 is 5.19. The van der Waals surface area contributed by atoms with Gasteiger partial charge in [0.15, 0.2) is 0 Å². The number of methoxy groups -OCH3 is 1. The van der Waals surface area contributed by atoms with Gasteiger partial charge in [-0.1, -0.05) is 91.8 Å². The number of aliphatic hydroxyl groups is 1. The molecular formula is C34H38MgN4O3-2. The van der Waals surface area contributed by atoms with Crippen molar-refractivity contribution in [2.75, 3.05) is 7.11 Å². The van der Waals surface area contributed by atoms with Crippen LogP contribution in [0.1, 0.15) is 96.4 Å². The van der Waals surface area contributed by atoms with Crippen molar-refractivity contribution in [3.63, 3.8) is 0 Å². The molecule has 1 N–H and O–H groups in total. The number of nitrogens with zero attached hydrogens (tertiary/aromatic N) is 4. The quantitative estimate of drug-likeness (QED) is 0.377. The van der Waals surface area contributed by atoms with Crippen molar-refractivity contribution in [1.29, 1.82) is 0 Å². The van der Waals surface area contributed by atoms with E-state index >= 15 is 0 Å². The molecular weight excluding hydrogens is 537 g/mol. The van der Waals surface area contributed by atoms with Crippen LogP contribution in [0.5, 0.6) is 0 Å². The first-order chi connectivity index (χ1) is 19.6. The van der Waals surface area contributed by atoms with Crippen LogP contribution >= 0.6 is 0 Å². The largest absolute Gasteiger partial charge is 2.00 e. The van der Waals surface area contributed by atoms with Gasteiger partial charge in [0.1, 0.15) is 6.10 Å². The third-order valence-corrected chi connectivity index (χ3v) is 9.66. The number of fused-ring (bicyclic) bond motifs is 8. The van der Waals surface area contributed by atoms with E-state index in [-0.39, 0.29) is 46.5 Å². The van der Waals surface area contributed by atoms with Crippen LogP contribution in [0.25, 0.3) is 29.1 Å². The van der Waals surface area contributed by atoms with Gasteiger partial charge >= 0.3 is 29.0 Å². The normalized spacial score (nSPS) is 25.1. The number of hydrogen-bond acceptors (Lipinski definition) is 3. The third-order valence-electron chi connectivity index (χ3n) is 9.66.